The van der Waals surface area contributed by atoms with Gasteiger partial charge in [0.15, 0.2) is 0 Å². The molecule has 0 amide bonds. The standard InChI is InChI=1S/C11H12N6O4/c18-16(19)9-2-3-10(11(8-9)17(20)21)12-4-1-6-15-7-5-13-14-15/h2-3,5,7-8,12H,1,4,6H2. The second kappa shape index (κ2) is 6.41. The van der Waals surface area contributed by atoms with Crippen LogP contribution in [0.25, 0.3) is 0 Å². The first-order valence-corrected chi connectivity index (χ1v) is 6.09. The van der Waals surface area contributed by atoms with Crippen molar-refractivity contribution in [3.63, 3.8) is 0 Å². The fourth-order valence-electron chi connectivity index (χ4n) is 1.75. The number of nitro groups is 2. The molecule has 0 aliphatic heterocycles. The van der Waals surface area contributed by atoms with Crippen LogP contribution in [0.2, 0.25) is 0 Å². The van der Waals surface area contributed by atoms with Gasteiger partial charge in [0.25, 0.3) is 11.4 Å². The Balaban J connectivity index is 1.98. The van der Waals surface area contributed by atoms with Gasteiger partial charge in [0.1, 0.15) is 5.69 Å². The van der Waals surface area contributed by atoms with Crippen molar-refractivity contribution in [2.45, 2.75) is 13.0 Å². The van der Waals surface area contributed by atoms with Crippen molar-refractivity contribution < 1.29 is 9.85 Å². The molecule has 110 valence electrons. The number of benzene rings is 1. The summed E-state index contributed by atoms with van der Waals surface area (Å²) in [5.41, 5.74) is -0.371. The lowest BCUT2D eigenvalue weighted by Crippen LogP contribution is -2.08. The molecule has 1 heterocycles. The largest absolute Gasteiger partial charge is 0.379 e. The topological polar surface area (TPSA) is 129 Å². The van der Waals surface area contributed by atoms with Crippen molar-refractivity contribution >= 4 is 17.1 Å². The second-order valence-electron chi connectivity index (χ2n) is 4.16. The lowest BCUT2D eigenvalue weighted by atomic mass is 10.2. The van der Waals surface area contributed by atoms with Gasteiger partial charge in [-0.2, -0.15) is 0 Å². The van der Waals surface area contributed by atoms with Crippen LogP contribution in [0.4, 0.5) is 17.1 Å². The number of aryl methyl sites for hydroxylation is 1. The first-order chi connectivity index (χ1) is 10.1. The van der Waals surface area contributed by atoms with E-state index in [0.717, 1.165) is 6.07 Å². The molecule has 0 atom stereocenters. The van der Waals surface area contributed by atoms with E-state index >= 15 is 0 Å². The van der Waals surface area contributed by atoms with Crippen molar-refractivity contribution in [2.24, 2.45) is 0 Å². The van der Waals surface area contributed by atoms with Crippen LogP contribution in [0.5, 0.6) is 0 Å². The molecule has 1 aromatic heterocycles. The second-order valence-corrected chi connectivity index (χ2v) is 4.16. The summed E-state index contributed by atoms with van der Waals surface area (Å²) in [6.45, 7) is 1.09. The van der Waals surface area contributed by atoms with E-state index in [1.54, 1.807) is 17.1 Å². The van der Waals surface area contributed by atoms with Gasteiger partial charge < -0.3 is 5.32 Å². The summed E-state index contributed by atoms with van der Waals surface area (Å²) in [7, 11) is 0. The SMILES string of the molecule is O=[N+]([O-])c1ccc(NCCCn2ccnn2)c([N+](=O)[O-])c1. The number of hydrogen-bond acceptors (Lipinski definition) is 7. The van der Waals surface area contributed by atoms with E-state index in [1.165, 1.54) is 12.1 Å². The molecule has 0 spiro atoms. The summed E-state index contributed by atoms with van der Waals surface area (Å²) in [4.78, 5) is 20.3. The third-order valence-electron chi connectivity index (χ3n) is 2.74. The molecule has 0 fully saturated rings. The maximum Gasteiger partial charge on any atom is 0.299 e. The fourth-order valence-corrected chi connectivity index (χ4v) is 1.75. The third kappa shape index (κ3) is 3.72. The van der Waals surface area contributed by atoms with Crippen LogP contribution >= 0.6 is 0 Å². The first-order valence-electron chi connectivity index (χ1n) is 6.09. The molecule has 0 bridgehead atoms. The molecule has 21 heavy (non-hydrogen) atoms. The maximum absolute atomic E-state index is 10.9. The smallest absolute Gasteiger partial charge is 0.299 e. The van der Waals surface area contributed by atoms with Gasteiger partial charge in [0.05, 0.1) is 22.1 Å². The van der Waals surface area contributed by atoms with Crippen LogP contribution in [0, 0.1) is 20.2 Å². The van der Waals surface area contributed by atoms with Crippen LogP contribution in [-0.2, 0) is 6.54 Å². The van der Waals surface area contributed by atoms with E-state index in [0.29, 0.717) is 19.5 Å². The average molecular weight is 292 g/mol. The molecule has 2 rings (SSSR count). The van der Waals surface area contributed by atoms with Gasteiger partial charge in [0, 0.05) is 25.4 Å². The van der Waals surface area contributed by atoms with Crippen molar-refractivity contribution in [2.75, 3.05) is 11.9 Å². The number of nitro benzene ring substituents is 2. The minimum atomic E-state index is -0.665. The van der Waals surface area contributed by atoms with Crippen molar-refractivity contribution in [3.8, 4) is 0 Å². The Morgan fingerprint density at radius 3 is 2.67 bits per heavy atom. The van der Waals surface area contributed by atoms with Crippen LogP contribution in [-0.4, -0.2) is 31.4 Å². The van der Waals surface area contributed by atoms with Crippen molar-refractivity contribution in [1.29, 1.82) is 0 Å². The highest BCUT2D eigenvalue weighted by atomic mass is 16.6. The number of anilines is 1. The molecule has 0 aliphatic carbocycles. The van der Waals surface area contributed by atoms with Gasteiger partial charge in [-0.1, -0.05) is 5.21 Å². The number of non-ortho nitro benzene ring substituents is 1. The molecule has 10 heteroatoms. The van der Waals surface area contributed by atoms with E-state index < -0.39 is 9.85 Å². The lowest BCUT2D eigenvalue weighted by molar-refractivity contribution is -0.393. The van der Waals surface area contributed by atoms with E-state index in [2.05, 4.69) is 15.6 Å². The summed E-state index contributed by atoms with van der Waals surface area (Å²) in [5.74, 6) is 0. The summed E-state index contributed by atoms with van der Waals surface area (Å²) in [6, 6.07) is 3.51. The molecule has 1 aromatic carbocycles. The Morgan fingerprint density at radius 2 is 2.05 bits per heavy atom. The molecule has 0 saturated carbocycles. The monoisotopic (exact) mass is 292 g/mol. The molecular weight excluding hydrogens is 280 g/mol. The fraction of sp³-hybridized carbons (Fsp3) is 0.273. The number of nitrogens with zero attached hydrogens (tertiary/aromatic N) is 5. The van der Waals surface area contributed by atoms with Crippen LogP contribution in [0.15, 0.2) is 30.6 Å². The zero-order valence-corrected chi connectivity index (χ0v) is 10.9. The quantitative estimate of drug-likeness (QED) is 0.466. The number of rotatable bonds is 7. The van der Waals surface area contributed by atoms with E-state index in [1.807, 2.05) is 0 Å². The summed E-state index contributed by atoms with van der Waals surface area (Å²) in [5, 5.41) is 31.9. The van der Waals surface area contributed by atoms with Crippen molar-refractivity contribution in [3.05, 3.63) is 50.8 Å². The summed E-state index contributed by atoms with van der Waals surface area (Å²) in [6.07, 6.45) is 3.96. The maximum atomic E-state index is 10.9. The average Bonchev–Trinajstić information content (AvgIpc) is 2.96. The summed E-state index contributed by atoms with van der Waals surface area (Å²) < 4.78 is 1.64. The van der Waals surface area contributed by atoms with E-state index in [9.17, 15) is 20.2 Å². The normalized spacial score (nSPS) is 10.3. The molecular formula is C11H12N6O4. The Morgan fingerprint density at radius 1 is 1.24 bits per heavy atom. The van der Waals surface area contributed by atoms with E-state index in [4.69, 9.17) is 0 Å². The van der Waals surface area contributed by atoms with Crippen LogP contribution < -0.4 is 5.32 Å². The Bertz CT molecular complexity index is 642. The highest BCUT2D eigenvalue weighted by molar-refractivity contribution is 5.65. The molecule has 2 aromatic rings. The van der Waals surface area contributed by atoms with Crippen molar-refractivity contribution in [1.82, 2.24) is 15.0 Å². The minimum absolute atomic E-state index is 0.254. The highest BCUT2D eigenvalue weighted by Crippen LogP contribution is 2.28. The minimum Gasteiger partial charge on any atom is -0.379 e. The zero-order valence-electron chi connectivity index (χ0n) is 10.9. The number of aromatic nitrogens is 3. The Labute approximate surface area is 118 Å². The highest BCUT2D eigenvalue weighted by Gasteiger charge is 2.18. The van der Waals surface area contributed by atoms with Gasteiger partial charge in [-0.25, -0.2) is 0 Å². The van der Waals surface area contributed by atoms with Gasteiger partial charge >= 0.3 is 0 Å². The van der Waals surface area contributed by atoms with E-state index in [-0.39, 0.29) is 17.1 Å². The lowest BCUT2D eigenvalue weighted by Gasteiger charge is -2.06. The molecule has 0 saturated heterocycles. The van der Waals surface area contributed by atoms with Crippen LogP contribution in [0.1, 0.15) is 6.42 Å². The zero-order chi connectivity index (χ0) is 15.2. The van der Waals surface area contributed by atoms with Gasteiger partial charge in [0.2, 0.25) is 0 Å². The molecule has 0 aliphatic rings. The molecule has 1 N–H and O–H groups in total. The Hall–Kier alpha value is -3.04. The van der Waals surface area contributed by atoms with Gasteiger partial charge in [-0.05, 0) is 12.5 Å². The van der Waals surface area contributed by atoms with Gasteiger partial charge in [-0.3, -0.25) is 24.9 Å². The number of nitrogens with one attached hydrogen (secondary N) is 1. The predicted octanol–water partition coefficient (Wildman–Crippen LogP) is 1.60. The predicted molar refractivity (Wildman–Crippen MR) is 72.9 cm³/mol. The number of hydrogen-bond donors (Lipinski definition) is 1. The first kappa shape index (κ1) is 14.4. The summed E-state index contributed by atoms with van der Waals surface area (Å²) >= 11 is 0. The van der Waals surface area contributed by atoms with Crippen LogP contribution in [0.3, 0.4) is 0 Å². The molecule has 0 radical (unpaired) electrons. The molecule has 10 nitrogen and oxygen atoms in total. The molecule has 0 unspecified atom stereocenters. The van der Waals surface area contributed by atoms with Gasteiger partial charge in [-0.15, -0.1) is 5.10 Å². The third-order valence-corrected chi connectivity index (χ3v) is 2.74. The Kier molecular flexibility index (Phi) is 4.39.